The fourth-order valence-corrected chi connectivity index (χ4v) is 3.48. The molecule has 0 bridgehead atoms. The van der Waals surface area contributed by atoms with Crippen molar-refractivity contribution in [2.45, 2.75) is 62.8 Å². The van der Waals surface area contributed by atoms with Crippen LogP contribution in [0.3, 0.4) is 0 Å². The van der Waals surface area contributed by atoms with Crippen LogP contribution < -0.4 is 5.32 Å². The summed E-state index contributed by atoms with van der Waals surface area (Å²) in [5.41, 5.74) is 11.9. The number of anilines is 1. The van der Waals surface area contributed by atoms with E-state index in [4.69, 9.17) is 4.99 Å². The van der Waals surface area contributed by atoms with Crippen molar-refractivity contribution in [3.05, 3.63) is 69.4 Å². The van der Waals surface area contributed by atoms with E-state index in [1.54, 1.807) is 0 Å². The van der Waals surface area contributed by atoms with E-state index in [1.165, 1.54) is 39.1 Å². The van der Waals surface area contributed by atoms with Crippen molar-refractivity contribution in [3.63, 3.8) is 0 Å². The Morgan fingerprint density at radius 3 is 1.65 bits per heavy atom. The predicted octanol–water partition coefficient (Wildman–Crippen LogP) is 7.28. The summed E-state index contributed by atoms with van der Waals surface area (Å²) < 4.78 is 0. The molecule has 0 saturated carbocycles. The van der Waals surface area contributed by atoms with Gasteiger partial charge in [0.1, 0.15) is 0 Å². The Kier molecular flexibility index (Phi) is 7.38. The van der Waals surface area contributed by atoms with Crippen LogP contribution in [-0.4, -0.2) is 5.71 Å². The van der Waals surface area contributed by atoms with Crippen LogP contribution in [0.25, 0.3) is 0 Å². The highest BCUT2D eigenvalue weighted by molar-refractivity contribution is 5.96. The number of allylic oxidation sites excluding steroid dienone is 2. The molecule has 2 nitrogen and oxygen atoms in total. The van der Waals surface area contributed by atoms with E-state index in [2.05, 4.69) is 91.0 Å². The second kappa shape index (κ2) is 8.84. The van der Waals surface area contributed by atoms with Crippen molar-refractivity contribution in [2.75, 3.05) is 5.32 Å². The van der Waals surface area contributed by atoms with Gasteiger partial charge in [0.2, 0.25) is 0 Å². The number of rotatable bonds is 4. The van der Waals surface area contributed by atoms with Crippen LogP contribution in [0.15, 0.2) is 41.0 Å². The molecule has 0 atom stereocenters. The molecule has 2 aromatic rings. The highest BCUT2D eigenvalue weighted by Crippen LogP contribution is 2.26. The van der Waals surface area contributed by atoms with Gasteiger partial charge in [0.05, 0.1) is 5.69 Å². The summed E-state index contributed by atoms with van der Waals surface area (Å²) in [5.74, 6) is 0. The molecule has 2 aromatic carbocycles. The largest absolute Gasteiger partial charge is 0.359 e. The van der Waals surface area contributed by atoms with Crippen molar-refractivity contribution in [2.24, 2.45) is 4.99 Å². The van der Waals surface area contributed by atoms with Crippen LogP contribution in [0.5, 0.6) is 0 Å². The smallest absolute Gasteiger partial charge is 0.0691 e. The molecule has 0 aromatic heterocycles. The normalized spacial score (nSPS) is 12.0. The first-order chi connectivity index (χ1) is 11.7. The van der Waals surface area contributed by atoms with Crippen molar-refractivity contribution < 1.29 is 0 Å². The molecule has 0 aliphatic rings. The molecule has 0 fully saturated rings. The number of nitrogens with one attached hydrogen (secondary N) is 1. The first kappa shape index (κ1) is 21.7. The Hall–Kier alpha value is -2.35. The van der Waals surface area contributed by atoms with Gasteiger partial charge in [-0.1, -0.05) is 42.8 Å². The lowest BCUT2D eigenvalue weighted by molar-refractivity contribution is 1.27. The molecular formula is C24H34N2. The first-order valence-corrected chi connectivity index (χ1v) is 8.83. The molecule has 0 unspecified atom stereocenters. The van der Waals surface area contributed by atoms with E-state index in [-0.39, 0.29) is 7.43 Å². The number of aryl methyl sites for hydroxylation is 6. The minimum absolute atomic E-state index is 0. The molecule has 0 aliphatic heterocycles. The molecule has 0 aliphatic carbocycles. The van der Waals surface area contributed by atoms with Gasteiger partial charge in [0.15, 0.2) is 0 Å². The van der Waals surface area contributed by atoms with Gasteiger partial charge in [-0.25, -0.2) is 0 Å². The molecule has 0 heterocycles. The van der Waals surface area contributed by atoms with Crippen molar-refractivity contribution in [1.29, 1.82) is 0 Å². The highest BCUT2D eigenvalue weighted by atomic mass is 14.9. The summed E-state index contributed by atoms with van der Waals surface area (Å²) in [6.45, 7) is 17.0. The Balaban J connectivity index is 0.00000338. The fraction of sp³-hybridized carbons (Fsp3) is 0.375. The van der Waals surface area contributed by atoms with E-state index in [9.17, 15) is 0 Å². The minimum atomic E-state index is 0. The molecule has 2 rings (SSSR count). The molecule has 1 N–H and O–H groups in total. The monoisotopic (exact) mass is 350 g/mol. The quantitative estimate of drug-likeness (QED) is 0.575. The summed E-state index contributed by atoms with van der Waals surface area (Å²) in [7, 11) is 0. The Bertz CT molecular complexity index is 808. The third-order valence-electron chi connectivity index (χ3n) is 4.35. The number of nitrogens with zero attached hydrogens (tertiary/aromatic N) is 1. The molecule has 0 amide bonds. The lowest BCUT2D eigenvalue weighted by Crippen LogP contribution is -2.02. The number of hydrogen-bond donors (Lipinski definition) is 1. The molecule has 0 saturated heterocycles. The van der Waals surface area contributed by atoms with Gasteiger partial charge in [0, 0.05) is 17.1 Å². The van der Waals surface area contributed by atoms with Crippen LogP contribution in [-0.2, 0) is 0 Å². The van der Waals surface area contributed by atoms with Crippen LogP contribution in [0.4, 0.5) is 11.4 Å². The van der Waals surface area contributed by atoms with Crippen molar-refractivity contribution in [3.8, 4) is 0 Å². The van der Waals surface area contributed by atoms with Crippen LogP contribution in [0.2, 0.25) is 0 Å². The molecular weight excluding hydrogens is 316 g/mol. The van der Waals surface area contributed by atoms with E-state index in [0.717, 1.165) is 17.1 Å². The second-order valence-electron chi connectivity index (χ2n) is 7.23. The Labute approximate surface area is 160 Å². The lowest BCUT2D eigenvalue weighted by Gasteiger charge is -2.14. The van der Waals surface area contributed by atoms with Gasteiger partial charge in [-0.3, -0.25) is 4.99 Å². The van der Waals surface area contributed by atoms with Gasteiger partial charge in [-0.2, -0.15) is 0 Å². The first-order valence-electron chi connectivity index (χ1n) is 8.83. The number of benzene rings is 2. The summed E-state index contributed by atoms with van der Waals surface area (Å²) >= 11 is 0. The van der Waals surface area contributed by atoms with E-state index >= 15 is 0 Å². The summed E-state index contributed by atoms with van der Waals surface area (Å²) in [6.07, 6.45) is 2.11. The molecule has 0 spiro atoms. The average Bonchev–Trinajstić information content (AvgIpc) is 2.46. The Morgan fingerprint density at radius 1 is 0.769 bits per heavy atom. The minimum Gasteiger partial charge on any atom is -0.359 e. The average molecular weight is 351 g/mol. The zero-order valence-electron chi connectivity index (χ0n) is 16.8. The molecule has 2 heteroatoms. The third-order valence-corrected chi connectivity index (χ3v) is 4.35. The fourth-order valence-electron chi connectivity index (χ4n) is 3.48. The summed E-state index contributed by atoms with van der Waals surface area (Å²) in [5, 5.41) is 3.54. The standard InChI is InChI=1S/C23H30N2.CH4/c1-14-9-16(3)22(17(4)10-14)24-20(7)13-21(8)25-23-18(5)11-15(2)12-19(23)6;/h9-13,24H,1-8H3;1H4/b20-13-,25-21?;. The maximum atomic E-state index is 4.84. The number of aliphatic imine (C=N–C) groups is 1. The molecule has 140 valence electrons. The second-order valence-corrected chi connectivity index (χ2v) is 7.23. The highest BCUT2D eigenvalue weighted by Gasteiger charge is 2.05. The van der Waals surface area contributed by atoms with Crippen molar-refractivity contribution >= 4 is 17.1 Å². The number of hydrogen-bond acceptors (Lipinski definition) is 2. The maximum Gasteiger partial charge on any atom is 0.0691 e. The van der Waals surface area contributed by atoms with Gasteiger partial charge in [0.25, 0.3) is 0 Å². The maximum absolute atomic E-state index is 4.84. The van der Waals surface area contributed by atoms with Crippen molar-refractivity contribution in [1.82, 2.24) is 0 Å². The summed E-state index contributed by atoms with van der Waals surface area (Å²) in [6, 6.07) is 8.80. The molecule has 0 radical (unpaired) electrons. The third kappa shape index (κ3) is 5.32. The van der Waals surface area contributed by atoms with Gasteiger partial charge >= 0.3 is 0 Å². The lowest BCUT2D eigenvalue weighted by atomic mass is 10.0. The van der Waals surface area contributed by atoms with Crippen LogP contribution >= 0.6 is 0 Å². The van der Waals surface area contributed by atoms with Gasteiger partial charge in [-0.05, 0) is 83.7 Å². The van der Waals surface area contributed by atoms with E-state index in [0.29, 0.717) is 0 Å². The molecule has 26 heavy (non-hydrogen) atoms. The predicted molar refractivity (Wildman–Crippen MR) is 118 cm³/mol. The zero-order valence-corrected chi connectivity index (χ0v) is 16.8. The van der Waals surface area contributed by atoms with E-state index < -0.39 is 0 Å². The Morgan fingerprint density at radius 2 is 1.19 bits per heavy atom. The topological polar surface area (TPSA) is 24.4 Å². The summed E-state index contributed by atoms with van der Waals surface area (Å²) in [4.78, 5) is 4.84. The zero-order chi connectivity index (χ0) is 18.7. The van der Waals surface area contributed by atoms with Crippen LogP contribution in [0, 0.1) is 41.5 Å². The van der Waals surface area contributed by atoms with E-state index in [1.807, 2.05) is 0 Å². The SMILES string of the molecule is C.CC(/C=C(/C)Nc1c(C)cc(C)cc1C)=Nc1c(C)cc(C)cc1C. The van der Waals surface area contributed by atoms with Gasteiger partial charge < -0.3 is 5.32 Å². The van der Waals surface area contributed by atoms with Gasteiger partial charge in [-0.15, -0.1) is 0 Å². The van der Waals surface area contributed by atoms with Crippen LogP contribution in [0.1, 0.15) is 54.7 Å².